The molecule has 4 nitrogen and oxygen atoms in total. The van der Waals surface area contributed by atoms with Crippen molar-refractivity contribution in [2.24, 2.45) is 0 Å². The maximum absolute atomic E-state index is 5.68. The van der Waals surface area contributed by atoms with Crippen LogP contribution < -0.4 is 0 Å². The zero-order chi connectivity index (χ0) is 15.5. The normalized spacial score (nSPS) is 11.0. The van der Waals surface area contributed by atoms with Crippen LogP contribution in [0, 0.1) is 0 Å². The molecule has 23 heavy (non-hydrogen) atoms. The summed E-state index contributed by atoms with van der Waals surface area (Å²) in [7, 11) is 0. The summed E-state index contributed by atoms with van der Waals surface area (Å²) in [6.45, 7) is 0. The van der Waals surface area contributed by atoms with Crippen LogP contribution in [-0.2, 0) is 5.75 Å². The molecule has 0 amide bonds. The Kier molecular flexibility index (Phi) is 3.78. The topological polar surface area (TPSA) is 51.8 Å². The van der Waals surface area contributed by atoms with E-state index >= 15 is 0 Å². The third kappa shape index (κ3) is 3.10. The van der Waals surface area contributed by atoms with Gasteiger partial charge < -0.3 is 4.42 Å². The fourth-order valence-corrected chi connectivity index (χ4v) is 3.05. The van der Waals surface area contributed by atoms with E-state index in [2.05, 4.69) is 57.6 Å². The van der Waals surface area contributed by atoms with E-state index in [4.69, 9.17) is 4.42 Å². The molecule has 0 spiro atoms. The van der Waals surface area contributed by atoms with Crippen molar-refractivity contribution < 1.29 is 4.42 Å². The van der Waals surface area contributed by atoms with Crippen molar-refractivity contribution >= 4 is 22.5 Å². The average Bonchev–Trinajstić information content (AvgIpc) is 3.10. The lowest BCUT2D eigenvalue weighted by atomic mass is 10.1. The Labute approximate surface area is 137 Å². The van der Waals surface area contributed by atoms with Crippen molar-refractivity contribution in [1.82, 2.24) is 15.2 Å². The third-order valence-electron chi connectivity index (χ3n) is 3.49. The zero-order valence-electron chi connectivity index (χ0n) is 12.2. The molecule has 0 saturated carbocycles. The Hall–Kier alpha value is -2.66. The predicted molar refractivity (Wildman–Crippen MR) is 91.0 cm³/mol. The molecule has 112 valence electrons. The SMILES string of the molecule is c1cncc(-c2nnc(SCc3ccc4ccccc4c3)o2)c1. The molecule has 2 aromatic heterocycles. The lowest BCUT2D eigenvalue weighted by molar-refractivity contribution is 0.465. The molecule has 0 unspecified atom stereocenters. The van der Waals surface area contributed by atoms with Crippen molar-refractivity contribution in [1.29, 1.82) is 0 Å². The molecule has 0 saturated heterocycles. The molecule has 4 rings (SSSR count). The highest BCUT2D eigenvalue weighted by molar-refractivity contribution is 7.98. The molecule has 0 aliphatic heterocycles. The predicted octanol–water partition coefficient (Wildman–Crippen LogP) is 4.58. The molecule has 0 aliphatic rings. The molecule has 4 aromatic rings. The van der Waals surface area contributed by atoms with Crippen LogP contribution in [-0.4, -0.2) is 15.2 Å². The van der Waals surface area contributed by atoms with E-state index in [0.717, 1.165) is 11.3 Å². The number of hydrogen-bond donors (Lipinski definition) is 0. The first kappa shape index (κ1) is 14.0. The van der Waals surface area contributed by atoms with Crippen LogP contribution in [0.1, 0.15) is 5.56 Å². The number of hydrogen-bond acceptors (Lipinski definition) is 5. The van der Waals surface area contributed by atoms with Crippen LogP contribution in [0.3, 0.4) is 0 Å². The number of nitrogens with zero attached hydrogens (tertiary/aromatic N) is 3. The number of rotatable bonds is 4. The largest absolute Gasteiger partial charge is 0.411 e. The Morgan fingerprint density at radius 3 is 2.70 bits per heavy atom. The summed E-state index contributed by atoms with van der Waals surface area (Å²) in [5, 5.41) is 11.2. The van der Waals surface area contributed by atoms with Crippen LogP contribution in [0.5, 0.6) is 0 Å². The van der Waals surface area contributed by atoms with Crippen molar-refractivity contribution in [3.63, 3.8) is 0 Å². The van der Waals surface area contributed by atoms with Crippen molar-refractivity contribution in [3.8, 4) is 11.5 Å². The number of thioether (sulfide) groups is 1. The second kappa shape index (κ2) is 6.22. The van der Waals surface area contributed by atoms with E-state index in [1.54, 1.807) is 12.4 Å². The van der Waals surface area contributed by atoms with Gasteiger partial charge in [0.15, 0.2) is 0 Å². The number of aromatic nitrogens is 3. The zero-order valence-corrected chi connectivity index (χ0v) is 13.0. The van der Waals surface area contributed by atoms with Crippen LogP contribution in [0.15, 0.2) is 76.6 Å². The summed E-state index contributed by atoms with van der Waals surface area (Å²) >= 11 is 1.54. The van der Waals surface area contributed by atoms with E-state index in [1.165, 1.54) is 28.1 Å². The van der Waals surface area contributed by atoms with Gasteiger partial charge in [-0.1, -0.05) is 54.2 Å². The molecular formula is C18H13N3OS. The smallest absolute Gasteiger partial charge is 0.277 e. The van der Waals surface area contributed by atoms with Crippen molar-refractivity contribution in [3.05, 3.63) is 72.6 Å². The van der Waals surface area contributed by atoms with Gasteiger partial charge >= 0.3 is 0 Å². The van der Waals surface area contributed by atoms with E-state index in [1.807, 2.05) is 12.1 Å². The third-order valence-corrected chi connectivity index (χ3v) is 4.38. The van der Waals surface area contributed by atoms with E-state index in [0.29, 0.717) is 11.1 Å². The Morgan fingerprint density at radius 2 is 1.83 bits per heavy atom. The van der Waals surface area contributed by atoms with Gasteiger partial charge in [-0.3, -0.25) is 4.98 Å². The van der Waals surface area contributed by atoms with Gasteiger partial charge in [0, 0.05) is 18.1 Å². The summed E-state index contributed by atoms with van der Waals surface area (Å²) in [6.07, 6.45) is 3.43. The quantitative estimate of drug-likeness (QED) is 0.515. The molecule has 5 heteroatoms. The highest BCUT2D eigenvalue weighted by atomic mass is 32.2. The minimum atomic E-state index is 0.499. The Bertz CT molecular complexity index is 937. The van der Waals surface area contributed by atoms with Gasteiger partial charge in [0.25, 0.3) is 5.22 Å². The van der Waals surface area contributed by atoms with Gasteiger partial charge in [-0.05, 0) is 28.5 Å². The molecule has 2 heterocycles. The first-order chi connectivity index (χ1) is 11.4. The van der Waals surface area contributed by atoms with Gasteiger partial charge in [-0.25, -0.2) is 0 Å². The maximum Gasteiger partial charge on any atom is 0.277 e. The fraction of sp³-hybridized carbons (Fsp3) is 0.0556. The van der Waals surface area contributed by atoms with Crippen molar-refractivity contribution in [2.45, 2.75) is 11.0 Å². The summed E-state index contributed by atoms with van der Waals surface area (Å²) in [4.78, 5) is 4.06. The fourth-order valence-electron chi connectivity index (χ4n) is 2.35. The van der Waals surface area contributed by atoms with Crippen LogP contribution >= 0.6 is 11.8 Å². The van der Waals surface area contributed by atoms with Crippen molar-refractivity contribution in [2.75, 3.05) is 0 Å². The first-order valence-electron chi connectivity index (χ1n) is 7.23. The summed E-state index contributed by atoms with van der Waals surface area (Å²) in [6, 6.07) is 18.6. The Balaban J connectivity index is 1.49. The molecule has 0 radical (unpaired) electrons. The molecule has 0 atom stereocenters. The van der Waals surface area contributed by atoms with Gasteiger partial charge in [0.05, 0.1) is 5.56 Å². The molecule has 0 N–H and O–H groups in total. The first-order valence-corrected chi connectivity index (χ1v) is 8.21. The molecule has 0 aliphatic carbocycles. The minimum absolute atomic E-state index is 0.499. The number of pyridine rings is 1. The molecular weight excluding hydrogens is 306 g/mol. The summed E-state index contributed by atoms with van der Waals surface area (Å²) < 4.78 is 5.68. The van der Waals surface area contributed by atoms with E-state index in [-0.39, 0.29) is 0 Å². The summed E-state index contributed by atoms with van der Waals surface area (Å²) in [5.41, 5.74) is 2.06. The maximum atomic E-state index is 5.68. The lowest BCUT2D eigenvalue weighted by Crippen LogP contribution is -1.81. The molecule has 2 aromatic carbocycles. The van der Waals surface area contributed by atoms with Crippen LogP contribution in [0.4, 0.5) is 0 Å². The minimum Gasteiger partial charge on any atom is -0.411 e. The average molecular weight is 319 g/mol. The van der Waals surface area contributed by atoms with Crippen LogP contribution in [0.25, 0.3) is 22.2 Å². The standard InChI is InChI=1S/C18H13N3OS/c1-2-5-15-10-13(7-8-14(15)4-1)12-23-18-21-20-17(22-18)16-6-3-9-19-11-16/h1-11H,12H2. The van der Waals surface area contributed by atoms with Gasteiger partial charge in [-0.15, -0.1) is 10.2 Å². The highest BCUT2D eigenvalue weighted by Gasteiger charge is 2.09. The summed E-state index contributed by atoms with van der Waals surface area (Å²) in [5.74, 6) is 1.29. The van der Waals surface area contributed by atoms with Gasteiger partial charge in [-0.2, -0.15) is 0 Å². The van der Waals surface area contributed by atoms with E-state index < -0.39 is 0 Å². The van der Waals surface area contributed by atoms with E-state index in [9.17, 15) is 0 Å². The van der Waals surface area contributed by atoms with Crippen LogP contribution in [0.2, 0.25) is 0 Å². The second-order valence-electron chi connectivity index (χ2n) is 5.09. The molecule has 0 bridgehead atoms. The van der Waals surface area contributed by atoms with Gasteiger partial charge in [0.1, 0.15) is 0 Å². The van der Waals surface area contributed by atoms with Gasteiger partial charge in [0.2, 0.25) is 5.89 Å². The number of fused-ring (bicyclic) bond motifs is 1. The lowest BCUT2D eigenvalue weighted by Gasteiger charge is -2.01. The number of benzene rings is 2. The molecule has 0 fully saturated rings. The second-order valence-corrected chi connectivity index (χ2v) is 6.01. The highest BCUT2D eigenvalue weighted by Crippen LogP contribution is 2.26. The monoisotopic (exact) mass is 319 g/mol. The Morgan fingerprint density at radius 1 is 0.913 bits per heavy atom.